The average Bonchev–Trinajstić information content (AvgIpc) is 3.45. The van der Waals surface area contributed by atoms with E-state index in [0.29, 0.717) is 37.5 Å². The summed E-state index contributed by atoms with van der Waals surface area (Å²) in [5, 5.41) is 10.5. The average molecular weight is 1230 g/mol. The number of hydrogen-bond donors (Lipinski definition) is 3. The second-order valence-corrected chi connectivity index (χ2v) is 27.7. The van der Waals surface area contributed by atoms with Crippen LogP contribution < -0.4 is 0 Å². The van der Waals surface area contributed by atoms with Crippen LogP contribution in [0.25, 0.3) is 0 Å². The van der Waals surface area contributed by atoms with Gasteiger partial charge in [0.05, 0.1) is 26.4 Å². The normalized spacial score (nSPS) is 14.8. The molecule has 0 aromatic heterocycles. The molecule has 0 saturated heterocycles. The number of phosphoric acid groups is 2. The topological polar surface area (TPSA) is 237 Å². The van der Waals surface area contributed by atoms with Crippen molar-refractivity contribution in [2.75, 3.05) is 39.6 Å². The summed E-state index contributed by atoms with van der Waals surface area (Å²) in [4.78, 5) is 72.2. The first-order chi connectivity index (χ1) is 39.6. The van der Waals surface area contributed by atoms with Gasteiger partial charge < -0.3 is 33.8 Å². The van der Waals surface area contributed by atoms with Crippen molar-refractivity contribution >= 4 is 39.5 Å². The molecule has 19 heteroatoms. The van der Waals surface area contributed by atoms with Crippen LogP contribution in [0.4, 0.5) is 0 Å². The summed E-state index contributed by atoms with van der Waals surface area (Å²) in [5.74, 6) is 0.748. The molecule has 0 saturated carbocycles. The lowest BCUT2D eigenvalue weighted by atomic mass is 9.99. The van der Waals surface area contributed by atoms with Crippen molar-refractivity contribution in [2.24, 2.45) is 23.7 Å². The Kier molecular flexibility index (Phi) is 53.0. The Balaban J connectivity index is 5.26. The second-order valence-electron chi connectivity index (χ2n) is 24.8. The Morgan fingerprint density at radius 2 is 0.578 bits per heavy atom. The maximum atomic E-state index is 13.0. The number of unbranched alkanes of at least 4 members (excludes halogenated alkanes) is 26. The molecule has 0 heterocycles. The lowest BCUT2D eigenvalue weighted by Crippen LogP contribution is -2.30. The van der Waals surface area contributed by atoms with Crippen LogP contribution in [-0.2, 0) is 65.4 Å². The first kappa shape index (κ1) is 81.1. The van der Waals surface area contributed by atoms with Crippen LogP contribution in [0.2, 0.25) is 0 Å². The van der Waals surface area contributed by atoms with Crippen molar-refractivity contribution in [3.05, 3.63) is 0 Å². The first-order valence-electron chi connectivity index (χ1n) is 33.2. The Morgan fingerprint density at radius 1 is 0.337 bits per heavy atom. The molecule has 17 nitrogen and oxygen atoms in total. The highest BCUT2D eigenvalue weighted by molar-refractivity contribution is 7.47. The van der Waals surface area contributed by atoms with Gasteiger partial charge in [0.25, 0.3) is 0 Å². The highest BCUT2D eigenvalue weighted by Crippen LogP contribution is 2.45. The monoisotopic (exact) mass is 1230 g/mol. The van der Waals surface area contributed by atoms with Gasteiger partial charge in [0, 0.05) is 25.7 Å². The quantitative estimate of drug-likeness (QED) is 0.0222. The minimum absolute atomic E-state index is 0.103. The zero-order valence-electron chi connectivity index (χ0n) is 53.8. The van der Waals surface area contributed by atoms with Gasteiger partial charge in [-0.25, -0.2) is 9.13 Å². The zero-order valence-corrected chi connectivity index (χ0v) is 55.6. The van der Waals surface area contributed by atoms with Crippen LogP contribution in [0.1, 0.15) is 306 Å². The first-order valence-corrected chi connectivity index (χ1v) is 36.2. The third kappa shape index (κ3) is 57.6. The standard InChI is InChI=1S/C64H124O17P2/c1-9-57(8)43-35-27-18-13-14-20-31-39-47-64(69)81-60(51-75-62(67)45-37-29-23-22-26-34-42-56(6)7)53-79-83(72,73)77-49-58(65)48-76-82(70,71)78-52-59(50-74-61(66)44-36-28-21-15-17-25-33-41-55(4)5)80-63(68)46-38-30-19-12-10-11-16-24-32-40-54(2)3/h54-60,65H,9-53H2,1-8H3,(H,70,71)(H,72,73)/t57?,58?,59-,60-/m1/s1. The maximum absolute atomic E-state index is 13.0. The van der Waals surface area contributed by atoms with Gasteiger partial charge in [0.2, 0.25) is 0 Å². The minimum Gasteiger partial charge on any atom is -0.462 e. The molecule has 83 heavy (non-hydrogen) atoms. The van der Waals surface area contributed by atoms with Crippen LogP contribution in [0.15, 0.2) is 0 Å². The number of ether oxygens (including phenoxy) is 4. The predicted octanol–water partition coefficient (Wildman–Crippen LogP) is 17.4. The van der Waals surface area contributed by atoms with Crippen molar-refractivity contribution in [3.63, 3.8) is 0 Å². The van der Waals surface area contributed by atoms with E-state index in [-0.39, 0.29) is 25.7 Å². The van der Waals surface area contributed by atoms with Crippen LogP contribution in [-0.4, -0.2) is 96.7 Å². The van der Waals surface area contributed by atoms with E-state index in [1.54, 1.807) is 0 Å². The molecular weight excluding hydrogens is 1100 g/mol. The number of phosphoric ester groups is 2. The van der Waals surface area contributed by atoms with Crippen molar-refractivity contribution in [2.45, 2.75) is 324 Å². The Bertz CT molecular complexity index is 1660. The number of rotatable bonds is 61. The number of aliphatic hydroxyl groups is 1. The maximum Gasteiger partial charge on any atom is 0.472 e. The molecule has 0 aliphatic heterocycles. The summed E-state index contributed by atoms with van der Waals surface area (Å²) in [5.41, 5.74) is 0. The largest absolute Gasteiger partial charge is 0.472 e. The number of hydrogen-bond acceptors (Lipinski definition) is 15. The molecule has 0 aromatic carbocycles. The number of carbonyl (C=O) groups is 4. The Morgan fingerprint density at radius 3 is 0.855 bits per heavy atom. The summed E-state index contributed by atoms with van der Waals surface area (Å²) in [6.45, 7) is 13.9. The van der Waals surface area contributed by atoms with Gasteiger partial charge in [-0.15, -0.1) is 0 Å². The van der Waals surface area contributed by atoms with Gasteiger partial charge >= 0.3 is 39.5 Å². The van der Waals surface area contributed by atoms with Crippen molar-refractivity contribution in [1.82, 2.24) is 0 Å². The molecule has 4 unspecified atom stereocenters. The number of esters is 4. The lowest BCUT2D eigenvalue weighted by molar-refractivity contribution is -0.161. The fraction of sp³-hybridized carbons (Fsp3) is 0.938. The molecule has 492 valence electrons. The van der Waals surface area contributed by atoms with Crippen LogP contribution in [0.3, 0.4) is 0 Å². The number of aliphatic hydroxyl groups excluding tert-OH is 1. The molecular formula is C64H124O17P2. The molecule has 6 atom stereocenters. The highest BCUT2D eigenvalue weighted by atomic mass is 31.2. The van der Waals surface area contributed by atoms with E-state index in [1.165, 1.54) is 96.3 Å². The van der Waals surface area contributed by atoms with E-state index in [9.17, 15) is 43.2 Å². The van der Waals surface area contributed by atoms with Gasteiger partial charge in [-0.1, -0.05) is 254 Å². The summed E-state index contributed by atoms with van der Waals surface area (Å²) >= 11 is 0. The lowest BCUT2D eigenvalue weighted by Gasteiger charge is -2.21. The Hall–Kier alpha value is -1.94. The molecule has 0 amide bonds. The molecule has 3 N–H and O–H groups in total. The third-order valence-corrected chi connectivity index (χ3v) is 16.8. The van der Waals surface area contributed by atoms with Crippen LogP contribution in [0.5, 0.6) is 0 Å². The smallest absolute Gasteiger partial charge is 0.462 e. The van der Waals surface area contributed by atoms with Crippen LogP contribution >= 0.6 is 15.6 Å². The van der Waals surface area contributed by atoms with Gasteiger partial charge in [-0.3, -0.25) is 37.3 Å². The number of carbonyl (C=O) groups excluding carboxylic acids is 4. The summed E-state index contributed by atoms with van der Waals surface area (Å²) in [6, 6.07) is 0. The fourth-order valence-electron chi connectivity index (χ4n) is 9.40. The van der Waals surface area contributed by atoms with E-state index in [4.69, 9.17) is 37.0 Å². The third-order valence-electron chi connectivity index (χ3n) is 14.9. The van der Waals surface area contributed by atoms with Gasteiger partial charge in [0.15, 0.2) is 12.2 Å². The molecule has 0 rings (SSSR count). The van der Waals surface area contributed by atoms with Crippen molar-refractivity contribution in [3.8, 4) is 0 Å². The Labute approximate surface area is 505 Å². The molecule has 0 radical (unpaired) electrons. The molecule has 0 spiro atoms. The zero-order chi connectivity index (χ0) is 61.8. The molecule has 0 aliphatic rings. The summed E-state index contributed by atoms with van der Waals surface area (Å²) in [7, 11) is -9.89. The van der Waals surface area contributed by atoms with E-state index in [0.717, 1.165) is 115 Å². The summed E-state index contributed by atoms with van der Waals surface area (Å²) in [6.07, 6.45) is 33.6. The molecule has 0 bridgehead atoms. The van der Waals surface area contributed by atoms with E-state index in [1.807, 2.05) is 0 Å². The molecule has 0 fully saturated rings. The predicted molar refractivity (Wildman–Crippen MR) is 331 cm³/mol. The summed E-state index contributed by atoms with van der Waals surface area (Å²) < 4.78 is 68.0. The van der Waals surface area contributed by atoms with Gasteiger partial charge in [0.1, 0.15) is 19.3 Å². The SMILES string of the molecule is CCC(C)CCCCCCCCCCC(=O)O[C@H](COC(=O)CCCCCCCCC(C)C)COP(=O)(O)OCC(O)COP(=O)(O)OC[C@@H](COC(=O)CCCCCCCCCC(C)C)OC(=O)CCCCCCCCCCCC(C)C. The van der Waals surface area contributed by atoms with Crippen molar-refractivity contribution in [1.29, 1.82) is 0 Å². The van der Waals surface area contributed by atoms with E-state index >= 15 is 0 Å². The van der Waals surface area contributed by atoms with Crippen molar-refractivity contribution < 1.29 is 80.2 Å². The molecule has 0 aliphatic carbocycles. The van der Waals surface area contributed by atoms with Crippen LogP contribution in [0, 0.1) is 23.7 Å². The highest BCUT2D eigenvalue weighted by Gasteiger charge is 2.30. The second kappa shape index (κ2) is 54.2. The van der Waals surface area contributed by atoms with Gasteiger partial charge in [-0.2, -0.15) is 0 Å². The van der Waals surface area contributed by atoms with E-state index in [2.05, 4.69) is 55.4 Å². The molecule has 0 aromatic rings. The fourth-order valence-corrected chi connectivity index (χ4v) is 11.0. The van der Waals surface area contributed by atoms with Gasteiger partial charge in [-0.05, 0) is 49.4 Å². The van der Waals surface area contributed by atoms with E-state index < -0.39 is 97.5 Å². The minimum atomic E-state index is -4.95.